The number of likely N-dealkylation sites (tertiary alicyclic amines) is 1. The van der Waals surface area contributed by atoms with Crippen LogP contribution in [-0.4, -0.2) is 48.4 Å². The number of nitrogens with zero attached hydrogens (tertiary/aromatic N) is 1. The fraction of sp³-hybridized carbons (Fsp3) is 0.481. The number of sulfone groups is 1. The van der Waals surface area contributed by atoms with Gasteiger partial charge in [0.2, 0.25) is 5.91 Å². The van der Waals surface area contributed by atoms with E-state index in [1.165, 1.54) is 6.26 Å². The molecule has 4 rings (SSSR count). The van der Waals surface area contributed by atoms with Crippen LogP contribution < -0.4 is 0 Å². The SMILES string of the molecule is CC[C@@]1(CC(=O)O)C[C@H](c2cccc(Cl)c2)[C@@H](c2ccc(Cl)cc2)N([C@H](CS(C)(=O)=O)C2CC2)C1=O. The minimum atomic E-state index is -3.42. The van der Waals surface area contributed by atoms with Gasteiger partial charge in [0.25, 0.3) is 0 Å². The number of carboxylic acids is 1. The van der Waals surface area contributed by atoms with Crippen molar-refractivity contribution in [3.05, 3.63) is 69.7 Å². The summed E-state index contributed by atoms with van der Waals surface area (Å²) in [6.45, 7) is 1.83. The number of benzene rings is 2. The van der Waals surface area contributed by atoms with Gasteiger partial charge in [-0.05, 0) is 67.0 Å². The number of hydrogen-bond donors (Lipinski definition) is 1. The Balaban J connectivity index is 1.96. The smallest absolute Gasteiger partial charge is 0.304 e. The Morgan fingerprint density at radius 2 is 1.78 bits per heavy atom. The van der Waals surface area contributed by atoms with Crippen molar-refractivity contribution in [3.8, 4) is 0 Å². The van der Waals surface area contributed by atoms with Crippen LogP contribution in [0.25, 0.3) is 0 Å². The number of carbonyl (C=O) groups is 2. The van der Waals surface area contributed by atoms with E-state index in [1.54, 1.807) is 23.1 Å². The van der Waals surface area contributed by atoms with Crippen molar-refractivity contribution in [3.63, 3.8) is 0 Å². The Kier molecular flexibility index (Phi) is 7.75. The molecule has 0 spiro atoms. The molecule has 6 nitrogen and oxygen atoms in total. The van der Waals surface area contributed by atoms with Crippen LogP contribution in [0.2, 0.25) is 10.0 Å². The molecule has 2 aliphatic rings. The standard InChI is InChI=1S/C27H31Cl2NO5S/c1-3-27(15-24(31)32)14-22(19-5-4-6-21(29)13-19)25(18-9-11-20(28)12-10-18)30(26(27)33)23(17-7-8-17)16-36(2,34)35/h4-6,9-13,17,22-23,25H,3,7-8,14-16H2,1-2H3,(H,31,32)/t22-,23-,25-,27+/m1/s1. The van der Waals surface area contributed by atoms with Gasteiger partial charge >= 0.3 is 5.97 Å². The van der Waals surface area contributed by atoms with E-state index in [1.807, 2.05) is 37.3 Å². The van der Waals surface area contributed by atoms with Crippen LogP contribution in [-0.2, 0) is 19.4 Å². The molecule has 36 heavy (non-hydrogen) atoms. The quantitative estimate of drug-likeness (QED) is 0.428. The molecule has 194 valence electrons. The van der Waals surface area contributed by atoms with Crippen LogP contribution in [0.4, 0.5) is 0 Å². The topological polar surface area (TPSA) is 91.8 Å². The van der Waals surface area contributed by atoms with E-state index in [0.717, 1.165) is 24.0 Å². The van der Waals surface area contributed by atoms with Crippen molar-refractivity contribution in [2.75, 3.05) is 12.0 Å². The van der Waals surface area contributed by atoms with E-state index in [0.29, 0.717) is 22.9 Å². The number of rotatable bonds is 9. The Morgan fingerprint density at radius 3 is 2.31 bits per heavy atom. The number of aliphatic carboxylic acids is 1. The zero-order chi connectivity index (χ0) is 26.3. The normalized spacial score (nSPS) is 25.6. The Bertz CT molecular complexity index is 1250. The summed E-state index contributed by atoms with van der Waals surface area (Å²) in [6, 6.07) is 13.6. The molecule has 1 saturated heterocycles. The van der Waals surface area contributed by atoms with Gasteiger partial charge in [0.1, 0.15) is 9.84 Å². The maximum Gasteiger partial charge on any atom is 0.304 e. The molecule has 1 amide bonds. The summed E-state index contributed by atoms with van der Waals surface area (Å²) in [5, 5.41) is 10.9. The van der Waals surface area contributed by atoms with Gasteiger partial charge in [0.15, 0.2) is 0 Å². The first-order valence-electron chi connectivity index (χ1n) is 12.2. The fourth-order valence-electron chi connectivity index (χ4n) is 5.75. The molecule has 4 atom stereocenters. The van der Waals surface area contributed by atoms with Gasteiger partial charge in [-0.3, -0.25) is 9.59 Å². The van der Waals surface area contributed by atoms with Crippen LogP contribution in [0.15, 0.2) is 48.5 Å². The van der Waals surface area contributed by atoms with E-state index in [4.69, 9.17) is 23.2 Å². The van der Waals surface area contributed by atoms with Gasteiger partial charge < -0.3 is 10.0 Å². The molecule has 0 unspecified atom stereocenters. The largest absolute Gasteiger partial charge is 0.481 e. The van der Waals surface area contributed by atoms with E-state index in [2.05, 4.69) is 0 Å². The molecular weight excluding hydrogens is 521 g/mol. The predicted octanol–water partition coefficient (Wildman–Crippen LogP) is 5.74. The molecule has 1 heterocycles. The zero-order valence-electron chi connectivity index (χ0n) is 20.4. The van der Waals surface area contributed by atoms with Gasteiger partial charge in [0, 0.05) is 28.3 Å². The molecule has 2 aromatic rings. The lowest BCUT2D eigenvalue weighted by Gasteiger charge is -2.53. The number of carbonyl (C=O) groups excluding carboxylic acids is 1. The second kappa shape index (κ2) is 10.3. The highest BCUT2D eigenvalue weighted by Gasteiger charge is 2.56. The molecule has 1 aliphatic heterocycles. The van der Waals surface area contributed by atoms with Crippen LogP contribution in [0.1, 0.15) is 62.1 Å². The fourth-order valence-corrected chi connectivity index (χ4v) is 7.13. The average molecular weight is 553 g/mol. The maximum atomic E-state index is 14.4. The summed E-state index contributed by atoms with van der Waals surface area (Å²) in [7, 11) is -3.42. The molecule has 1 saturated carbocycles. The van der Waals surface area contributed by atoms with Crippen molar-refractivity contribution in [2.45, 2.75) is 57.0 Å². The van der Waals surface area contributed by atoms with E-state index >= 15 is 0 Å². The van der Waals surface area contributed by atoms with Crippen molar-refractivity contribution >= 4 is 44.9 Å². The van der Waals surface area contributed by atoms with E-state index in [9.17, 15) is 23.1 Å². The third-order valence-electron chi connectivity index (χ3n) is 7.63. The van der Waals surface area contributed by atoms with Crippen molar-refractivity contribution in [1.82, 2.24) is 4.90 Å². The van der Waals surface area contributed by atoms with Crippen LogP contribution in [0, 0.1) is 11.3 Å². The van der Waals surface area contributed by atoms with Crippen LogP contribution in [0.5, 0.6) is 0 Å². The van der Waals surface area contributed by atoms with Crippen molar-refractivity contribution in [1.29, 1.82) is 0 Å². The predicted molar refractivity (Wildman–Crippen MR) is 141 cm³/mol. The molecule has 2 fully saturated rings. The Hall–Kier alpha value is -2.09. The van der Waals surface area contributed by atoms with Gasteiger partial charge in [-0.15, -0.1) is 0 Å². The molecule has 0 radical (unpaired) electrons. The number of amides is 1. The summed E-state index contributed by atoms with van der Waals surface area (Å²) in [5.74, 6) is -1.74. The third kappa shape index (κ3) is 5.74. The first kappa shape index (κ1) is 27.0. The Labute approximate surface area is 222 Å². The van der Waals surface area contributed by atoms with Crippen LogP contribution >= 0.6 is 23.2 Å². The van der Waals surface area contributed by atoms with Crippen molar-refractivity contribution in [2.24, 2.45) is 11.3 Å². The minimum Gasteiger partial charge on any atom is -0.481 e. The van der Waals surface area contributed by atoms with Crippen molar-refractivity contribution < 1.29 is 23.1 Å². The third-order valence-corrected chi connectivity index (χ3v) is 9.07. The molecule has 1 aliphatic carbocycles. The van der Waals surface area contributed by atoms with Gasteiger partial charge in [-0.1, -0.05) is 54.4 Å². The van der Waals surface area contributed by atoms with Gasteiger partial charge in [0.05, 0.1) is 23.6 Å². The number of piperidine rings is 1. The number of hydrogen-bond acceptors (Lipinski definition) is 4. The number of halogens is 2. The van der Waals surface area contributed by atoms with E-state index in [-0.39, 0.29) is 29.9 Å². The summed E-state index contributed by atoms with van der Waals surface area (Å²) < 4.78 is 25.1. The lowest BCUT2D eigenvalue weighted by Crippen LogP contribution is -2.58. The van der Waals surface area contributed by atoms with Crippen LogP contribution in [0.3, 0.4) is 0 Å². The average Bonchev–Trinajstić information content (AvgIpc) is 3.64. The second-order valence-corrected chi connectivity index (χ2v) is 13.3. The molecule has 0 bridgehead atoms. The van der Waals surface area contributed by atoms with E-state index < -0.39 is 33.3 Å². The molecular formula is C27H31Cl2NO5S. The first-order chi connectivity index (χ1) is 16.9. The Morgan fingerprint density at radius 1 is 1.11 bits per heavy atom. The zero-order valence-corrected chi connectivity index (χ0v) is 22.7. The molecule has 2 aromatic carbocycles. The molecule has 0 aromatic heterocycles. The minimum absolute atomic E-state index is 0.0518. The monoisotopic (exact) mass is 551 g/mol. The highest BCUT2D eigenvalue weighted by atomic mass is 35.5. The summed E-state index contributed by atoms with van der Waals surface area (Å²) in [6.07, 6.45) is 3.17. The lowest BCUT2D eigenvalue weighted by atomic mass is 9.65. The first-order valence-corrected chi connectivity index (χ1v) is 15.0. The second-order valence-electron chi connectivity index (χ2n) is 10.3. The molecule has 1 N–H and O–H groups in total. The summed E-state index contributed by atoms with van der Waals surface area (Å²) in [4.78, 5) is 28.1. The maximum absolute atomic E-state index is 14.4. The summed E-state index contributed by atoms with van der Waals surface area (Å²) >= 11 is 12.6. The molecule has 9 heteroatoms. The lowest BCUT2D eigenvalue weighted by molar-refractivity contribution is -0.162. The van der Waals surface area contributed by atoms with Gasteiger partial charge in [-0.25, -0.2) is 8.42 Å². The van der Waals surface area contributed by atoms with Gasteiger partial charge in [-0.2, -0.15) is 0 Å². The number of carboxylic acid groups (broad SMARTS) is 1. The highest BCUT2D eigenvalue weighted by Crippen LogP contribution is 2.55. The highest BCUT2D eigenvalue weighted by molar-refractivity contribution is 7.90. The summed E-state index contributed by atoms with van der Waals surface area (Å²) in [5.41, 5.74) is 0.556.